The van der Waals surface area contributed by atoms with Gasteiger partial charge in [0.15, 0.2) is 0 Å². The molecule has 0 spiro atoms. The summed E-state index contributed by atoms with van der Waals surface area (Å²) in [5.74, 6) is -1.49. The lowest BCUT2D eigenvalue weighted by atomic mass is 9.92. The summed E-state index contributed by atoms with van der Waals surface area (Å²) >= 11 is 0. The van der Waals surface area contributed by atoms with Crippen LogP contribution >= 0.6 is 0 Å². The van der Waals surface area contributed by atoms with Gasteiger partial charge in [0.2, 0.25) is 5.60 Å². The summed E-state index contributed by atoms with van der Waals surface area (Å²) in [7, 11) is -1.13. The third-order valence-corrected chi connectivity index (χ3v) is 4.48. The van der Waals surface area contributed by atoms with Gasteiger partial charge in [-0.3, -0.25) is 13.8 Å². The summed E-state index contributed by atoms with van der Waals surface area (Å²) in [6, 6.07) is 8.67. The zero-order valence-corrected chi connectivity index (χ0v) is 11.6. The Kier molecular flexibility index (Phi) is 4.20. The van der Waals surface area contributed by atoms with Gasteiger partial charge >= 0.3 is 0 Å². The van der Waals surface area contributed by atoms with Crippen molar-refractivity contribution in [2.45, 2.75) is 12.0 Å². The van der Waals surface area contributed by atoms with Gasteiger partial charge in [-0.1, -0.05) is 30.3 Å². The lowest BCUT2D eigenvalue weighted by Crippen LogP contribution is -2.57. The number of hydrogen-bond donors (Lipinski definition) is 2. The molecule has 1 unspecified atom stereocenters. The molecule has 0 aromatic heterocycles. The molecule has 1 aromatic rings. The number of benzene rings is 1. The molecule has 0 bridgehead atoms. The molecule has 0 saturated carbocycles. The summed E-state index contributed by atoms with van der Waals surface area (Å²) in [5.41, 5.74) is 3.54. The second-order valence-corrected chi connectivity index (χ2v) is 6.27. The summed E-state index contributed by atoms with van der Waals surface area (Å²) in [6.07, 6.45) is -0.189. The molecule has 1 saturated heterocycles. The number of primary amides is 1. The highest BCUT2D eigenvalue weighted by atomic mass is 32.2. The maximum atomic E-state index is 12.3. The fourth-order valence-corrected chi connectivity index (χ4v) is 3.24. The molecule has 1 fully saturated rings. The summed E-state index contributed by atoms with van der Waals surface area (Å²) in [4.78, 5) is 25.1. The van der Waals surface area contributed by atoms with Gasteiger partial charge in [0.25, 0.3) is 11.8 Å². The lowest BCUT2D eigenvalue weighted by molar-refractivity contribution is -0.158. The number of carbonyl (C=O) groups excluding carboxylic acids is 2. The zero-order valence-electron chi connectivity index (χ0n) is 10.8. The van der Waals surface area contributed by atoms with E-state index >= 15 is 0 Å². The van der Waals surface area contributed by atoms with Crippen LogP contribution < -0.4 is 5.73 Å². The molecule has 6 nitrogen and oxygen atoms in total. The highest BCUT2D eigenvalue weighted by Crippen LogP contribution is 2.19. The van der Waals surface area contributed by atoms with E-state index in [1.54, 1.807) is 30.3 Å². The van der Waals surface area contributed by atoms with E-state index in [-0.39, 0.29) is 18.8 Å². The van der Waals surface area contributed by atoms with Crippen molar-refractivity contribution in [1.82, 2.24) is 4.90 Å². The second kappa shape index (κ2) is 5.72. The van der Waals surface area contributed by atoms with Crippen LogP contribution in [0.25, 0.3) is 0 Å². The molecule has 1 aliphatic rings. The average molecular weight is 296 g/mol. The molecule has 20 heavy (non-hydrogen) atoms. The van der Waals surface area contributed by atoms with Crippen LogP contribution in [-0.2, 0) is 26.8 Å². The van der Waals surface area contributed by atoms with E-state index in [9.17, 15) is 18.9 Å². The first-order valence-corrected chi connectivity index (χ1v) is 7.63. The number of nitrogens with two attached hydrogens (primary N) is 1. The number of rotatable bonds is 4. The van der Waals surface area contributed by atoms with Crippen LogP contribution in [0.4, 0.5) is 0 Å². The Balaban J connectivity index is 2.23. The molecule has 2 atom stereocenters. The summed E-state index contributed by atoms with van der Waals surface area (Å²) < 4.78 is 11.3. The molecule has 1 heterocycles. The average Bonchev–Trinajstić information content (AvgIpc) is 2.85. The van der Waals surface area contributed by atoms with Crippen LogP contribution in [0.1, 0.15) is 5.56 Å². The minimum absolute atomic E-state index is 0.0310. The normalized spacial score (nSPS) is 21.4. The smallest absolute Gasteiger partial charge is 0.265 e. The topological polar surface area (TPSA) is 101 Å². The maximum Gasteiger partial charge on any atom is 0.265 e. The van der Waals surface area contributed by atoms with Gasteiger partial charge in [-0.25, -0.2) is 0 Å². The van der Waals surface area contributed by atoms with Gasteiger partial charge < -0.3 is 15.7 Å². The van der Waals surface area contributed by atoms with Gasteiger partial charge in [-0.05, 0) is 5.56 Å². The first-order valence-electron chi connectivity index (χ1n) is 6.14. The fraction of sp³-hybridized carbons (Fsp3) is 0.385. The molecule has 0 radical (unpaired) electrons. The standard InChI is InChI=1S/C13H16N2O4S/c14-11(16)13(18,8-10-4-2-1-3-5-10)12(17)15-6-7-20(19)9-15/h1-5,18H,6-9H2,(H2,14,16)/t13-,20?/m1/s1. The monoisotopic (exact) mass is 296 g/mol. The van der Waals surface area contributed by atoms with Gasteiger partial charge in [-0.2, -0.15) is 0 Å². The van der Waals surface area contributed by atoms with Crippen LogP contribution in [0.5, 0.6) is 0 Å². The van der Waals surface area contributed by atoms with Crippen molar-refractivity contribution in [2.24, 2.45) is 5.73 Å². The lowest BCUT2D eigenvalue weighted by Gasteiger charge is -2.28. The van der Waals surface area contributed by atoms with E-state index in [1.807, 2.05) is 0 Å². The Morgan fingerprint density at radius 1 is 1.35 bits per heavy atom. The van der Waals surface area contributed by atoms with Crippen molar-refractivity contribution >= 4 is 22.6 Å². The molecule has 7 heteroatoms. The highest BCUT2D eigenvalue weighted by molar-refractivity contribution is 7.85. The Morgan fingerprint density at radius 3 is 2.50 bits per heavy atom. The Labute approximate surface area is 119 Å². The summed E-state index contributed by atoms with van der Waals surface area (Å²) in [6.45, 7) is 0.260. The van der Waals surface area contributed by atoms with Gasteiger partial charge in [0.05, 0.1) is 5.88 Å². The zero-order chi connectivity index (χ0) is 14.8. The van der Waals surface area contributed by atoms with Crippen molar-refractivity contribution in [2.75, 3.05) is 18.2 Å². The van der Waals surface area contributed by atoms with E-state index in [1.165, 1.54) is 4.90 Å². The summed E-state index contributed by atoms with van der Waals surface area (Å²) in [5, 5.41) is 10.4. The number of nitrogens with zero attached hydrogens (tertiary/aromatic N) is 1. The van der Waals surface area contributed by atoms with E-state index in [0.29, 0.717) is 11.3 Å². The minimum atomic E-state index is -2.30. The van der Waals surface area contributed by atoms with E-state index in [2.05, 4.69) is 0 Å². The Hall–Kier alpha value is -1.73. The van der Waals surface area contributed by atoms with Crippen LogP contribution in [0.15, 0.2) is 30.3 Å². The molecule has 0 aliphatic carbocycles. The van der Waals surface area contributed by atoms with Crippen molar-refractivity contribution in [3.63, 3.8) is 0 Å². The first kappa shape index (κ1) is 14.7. The SMILES string of the molecule is NC(=O)[C@](O)(Cc1ccccc1)C(=O)N1CCS(=O)C1. The quantitative estimate of drug-likeness (QED) is 0.695. The Bertz CT molecular complexity index is 549. The highest BCUT2D eigenvalue weighted by Gasteiger charge is 2.46. The number of aliphatic hydroxyl groups is 1. The third kappa shape index (κ3) is 2.88. The van der Waals surface area contributed by atoms with Crippen molar-refractivity contribution in [3.05, 3.63) is 35.9 Å². The third-order valence-electron chi connectivity index (χ3n) is 3.24. The van der Waals surface area contributed by atoms with E-state index < -0.39 is 28.2 Å². The molecule has 108 valence electrons. The van der Waals surface area contributed by atoms with Gasteiger partial charge in [-0.15, -0.1) is 0 Å². The molecule has 1 aromatic carbocycles. The largest absolute Gasteiger partial charge is 0.371 e. The van der Waals surface area contributed by atoms with Crippen LogP contribution in [0.3, 0.4) is 0 Å². The molecule has 2 amide bonds. The van der Waals surface area contributed by atoms with Crippen LogP contribution in [0, 0.1) is 0 Å². The predicted molar refractivity (Wildman–Crippen MR) is 73.9 cm³/mol. The molecule has 3 N–H and O–H groups in total. The van der Waals surface area contributed by atoms with Gasteiger partial charge in [0.1, 0.15) is 0 Å². The van der Waals surface area contributed by atoms with Crippen molar-refractivity contribution < 1.29 is 18.9 Å². The fourth-order valence-electron chi connectivity index (χ4n) is 2.10. The van der Waals surface area contributed by atoms with Crippen molar-refractivity contribution in [3.8, 4) is 0 Å². The second-order valence-electron chi connectivity index (χ2n) is 4.73. The van der Waals surface area contributed by atoms with E-state index in [0.717, 1.165) is 0 Å². The number of amides is 2. The number of carbonyl (C=O) groups is 2. The molecule has 2 rings (SSSR count). The van der Waals surface area contributed by atoms with E-state index in [4.69, 9.17) is 5.73 Å². The van der Waals surface area contributed by atoms with Crippen LogP contribution in [0.2, 0.25) is 0 Å². The number of hydrogen-bond acceptors (Lipinski definition) is 4. The first-order chi connectivity index (χ1) is 9.43. The minimum Gasteiger partial charge on any atom is -0.371 e. The predicted octanol–water partition coefficient (Wildman–Crippen LogP) is -1.01. The molecular formula is C13H16N2O4S. The van der Waals surface area contributed by atoms with Crippen molar-refractivity contribution in [1.29, 1.82) is 0 Å². The molecule has 1 aliphatic heterocycles. The van der Waals surface area contributed by atoms with Crippen LogP contribution in [-0.4, -0.2) is 49.8 Å². The Morgan fingerprint density at radius 2 is 2.00 bits per heavy atom. The molecular weight excluding hydrogens is 280 g/mol. The maximum absolute atomic E-state index is 12.3. The van der Waals surface area contributed by atoms with Gasteiger partial charge in [0, 0.05) is 29.5 Å².